The first-order valence-electron chi connectivity index (χ1n) is 34.2. The van der Waals surface area contributed by atoms with Gasteiger partial charge >= 0.3 is 62.0 Å². The summed E-state index contributed by atoms with van der Waals surface area (Å²) in [6.45, 7) is 39.4. The number of nitrogens with zero attached hydrogens (tertiary/aromatic N) is 4. The standard InChI is InChI=1S/C14H17BClNO5.C14H16ClNO3.C10H18O5.C9H21BO3.C9H8ClNO.C7H6ClNO3.C6H4ClNO3.C6H5ClO.C2H3.BrH.Mg/c1-14(2,3)22-13(18)17-11(15(19)20)6-8-5-9(21-4)7-10(16)12(8)17;1-14(2,3)19-13(17)16-6-5-9-7-10(18-4)8-11(15)12(9)16;1-9(2,3)14-7(11)13-8(12)15-10(4,5)6;1-7(2)11-10(12-8(3)4)13-9(5)6;1-12-7-4-6-2-3-11-9(6)8(10)5-7;1-12-5-2-3-7(9(10)11)6(8)4-5;7-5-3-4(9)1-2-6(5)8(10)11;7-5-2-1-3-6(8)4-5;1-2;;/h5-7,19-20H,1-4H3;5-8H,1-4H3;1-6H3;7-9H,1-6H3;2-5,11H,1H3;2-4H,1H3;1-3,9H;1-4,8H;1H,2H2;1H;/q;;;;;;;;-1;;+2/p-1. The average Bonchev–Trinajstić information content (AvgIpc) is 1.62. The molecule has 0 radical (unpaired) electrons. The van der Waals surface area contributed by atoms with Gasteiger partial charge in [0.15, 0.2) is 0 Å². The summed E-state index contributed by atoms with van der Waals surface area (Å²) in [5.74, 6) is 2.56. The minimum atomic E-state index is -1.85. The molecule has 0 aliphatic rings. The summed E-state index contributed by atoms with van der Waals surface area (Å²) >= 11 is 34.9. The summed E-state index contributed by atoms with van der Waals surface area (Å²) in [4.78, 5) is 68.9. The van der Waals surface area contributed by atoms with Crippen molar-refractivity contribution in [2.75, 3.05) is 28.4 Å². The molecular weight excluding hydrogens is 1720 g/mol. The molecule has 3 heterocycles. The Labute approximate surface area is 732 Å². The van der Waals surface area contributed by atoms with E-state index in [0.29, 0.717) is 48.7 Å². The Bertz CT molecular complexity index is 4540. The van der Waals surface area contributed by atoms with Crippen molar-refractivity contribution < 1.29 is 123 Å². The second-order valence-electron chi connectivity index (χ2n) is 27.9. The molecule has 0 atom stereocenters. The van der Waals surface area contributed by atoms with Crippen LogP contribution in [0.15, 0.2) is 134 Å². The summed E-state index contributed by atoms with van der Waals surface area (Å²) in [6.07, 6.45) is 0.535. The maximum atomic E-state index is 12.4. The number of aromatic nitrogens is 3. The number of nitrogens with one attached hydrogen (secondary N) is 1. The number of fused-ring (bicyclic) bond motifs is 3. The van der Waals surface area contributed by atoms with Crippen LogP contribution in [0.1, 0.15) is 125 Å². The Morgan fingerprint density at radius 3 is 1.28 bits per heavy atom. The van der Waals surface area contributed by atoms with E-state index in [2.05, 4.69) is 22.9 Å². The molecular formula is C77H98B2BrCl6MgN5O24. The molecule has 0 saturated carbocycles. The number of carbonyl (C=O) groups excluding carboxylic acids is 4. The molecule has 0 aliphatic heterocycles. The number of phenols is 2. The van der Waals surface area contributed by atoms with E-state index < -0.39 is 71.2 Å². The fourth-order valence-corrected chi connectivity index (χ4v) is 9.91. The van der Waals surface area contributed by atoms with Crippen LogP contribution < -0.4 is 41.5 Å². The smallest absolute Gasteiger partial charge is 1.00 e. The molecule has 9 rings (SSSR count). The van der Waals surface area contributed by atoms with Crippen LogP contribution in [-0.4, -0.2) is 175 Å². The molecule has 0 spiro atoms. The molecule has 0 fully saturated rings. The van der Waals surface area contributed by atoms with Crippen molar-refractivity contribution in [2.24, 2.45) is 0 Å². The number of aromatic amines is 1. The number of hydrogen-bond acceptors (Lipinski definition) is 24. The van der Waals surface area contributed by atoms with Gasteiger partial charge in [0.2, 0.25) is 0 Å². The number of nitro benzene ring substituents is 2. The first-order valence-corrected chi connectivity index (χ1v) is 36.4. The zero-order chi connectivity index (χ0) is 87.7. The fourth-order valence-electron chi connectivity index (χ4n) is 8.37. The van der Waals surface area contributed by atoms with Crippen LogP contribution in [0.4, 0.5) is 30.6 Å². The Morgan fingerprint density at radius 1 is 0.491 bits per heavy atom. The van der Waals surface area contributed by atoms with Crippen molar-refractivity contribution in [1.29, 1.82) is 0 Å². The van der Waals surface area contributed by atoms with E-state index in [9.17, 15) is 49.5 Å². The van der Waals surface area contributed by atoms with Crippen LogP contribution in [0.2, 0.25) is 30.1 Å². The van der Waals surface area contributed by atoms with Crippen LogP contribution >= 0.6 is 69.6 Å². The number of benzene rings is 6. The number of aromatic hydroxyl groups is 2. The quantitative estimate of drug-likeness (QED) is 0.0136. The van der Waals surface area contributed by atoms with Gasteiger partial charge in [0.1, 0.15) is 66.9 Å². The van der Waals surface area contributed by atoms with Crippen molar-refractivity contribution in [3.63, 3.8) is 0 Å². The van der Waals surface area contributed by atoms with Gasteiger partial charge in [0.05, 0.1) is 75.5 Å². The van der Waals surface area contributed by atoms with Crippen molar-refractivity contribution in [3.8, 4) is 34.5 Å². The van der Waals surface area contributed by atoms with Gasteiger partial charge in [-0.2, -0.15) is 0 Å². The van der Waals surface area contributed by atoms with E-state index >= 15 is 0 Å². The molecule has 0 saturated heterocycles. The summed E-state index contributed by atoms with van der Waals surface area (Å²) in [6, 6.07) is 29.8. The average molecular weight is 1820 g/mol. The van der Waals surface area contributed by atoms with Gasteiger partial charge in [-0.15, -0.1) is 0 Å². The molecule has 0 amide bonds. The maximum absolute atomic E-state index is 12.4. The molecule has 29 nitrogen and oxygen atoms in total. The van der Waals surface area contributed by atoms with Gasteiger partial charge < -0.3 is 105 Å². The van der Waals surface area contributed by atoms with E-state index in [1.807, 2.05) is 86.7 Å². The Morgan fingerprint density at radius 2 is 0.888 bits per heavy atom. The molecule has 0 bridgehead atoms. The van der Waals surface area contributed by atoms with Crippen LogP contribution in [-0.2, 0) is 37.6 Å². The normalized spacial score (nSPS) is 10.6. The molecule has 0 unspecified atom stereocenters. The Hall–Kier alpha value is -8.12. The summed E-state index contributed by atoms with van der Waals surface area (Å²) in [5.41, 5.74) is -1.11. The van der Waals surface area contributed by atoms with Gasteiger partial charge in [-0.1, -0.05) is 75.7 Å². The van der Waals surface area contributed by atoms with Crippen LogP contribution in [0, 0.1) is 26.8 Å². The monoisotopic (exact) mass is 1810 g/mol. The molecule has 0 aliphatic carbocycles. The number of rotatable bonds is 13. The van der Waals surface area contributed by atoms with Crippen LogP contribution in [0.3, 0.4) is 0 Å². The van der Waals surface area contributed by atoms with Crippen molar-refractivity contribution in [2.45, 2.75) is 165 Å². The number of hydrogen-bond donors (Lipinski definition) is 5. The van der Waals surface area contributed by atoms with Crippen molar-refractivity contribution in [3.05, 3.63) is 191 Å². The third-order valence-electron chi connectivity index (χ3n) is 12.7. The number of nitro groups is 2. The minimum Gasteiger partial charge on any atom is -1.00 e. The SMILES string of the molecule is CC(C)(C)OC(=O)OC(=O)OC(C)(C)C.CC(C)OB(OC(C)C)OC(C)C.COc1cc(Cl)c2[nH]ccc2c1.COc1cc(Cl)c2c(c1)cc(B(O)O)n2C(=O)OC(C)(C)C.COc1cc(Cl)c2c(ccn2C(=O)OC(C)(C)C)c1.COc1ccc([N+](=O)[O-])c(Cl)c1.O=[N+]([O-])c1ccc(O)cc1Cl.Oc1cccc(Cl)c1.[Br-].[CH-]=C.[Mg+2]. The number of carbonyl (C=O) groups is 4. The van der Waals surface area contributed by atoms with Crippen molar-refractivity contribution >= 4 is 181 Å². The molecule has 39 heteroatoms. The van der Waals surface area contributed by atoms with Crippen LogP contribution in [0.25, 0.3) is 32.7 Å². The van der Waals surface area contributed by atoms with Gasteiger partial charge in [-0.3, -0.25) is 35.9 Å². The van der Waals surface area contributed by atoms with Gasteiger partial charge in [0, 0.05) is 94.4 Å². The molecule has 632 valence electrons. The predicted molar refractivity (Wildman–Crippen MR) is 451 cm³/mol. The fraction of sp³-hybridized carbons (Fsp3) is 0.377. The second-order valence-corrected chi connectivity index (χ2v) is 30.4. The first-order chi connectivity index (χ1) is 52.7. The van der Waals surface area contributed by atoms with Gasteiger partial charge in [-0.25, -0.2) is 19.2 Å². The largest absolute Gasteiger partial charge is 2.00 e. The zero-order valence-electron chi connectivity index (χ0n) is 68.4. The van der Waals surface area contributed by atoms with E-state index in [0.717, 1.165) is 38.7 Å². The third-order valence-corrected chi connectivity index (χ3v) is 14.4. The zero-order valence-corrected chi connectivity index (χ0v) is 75.9. The third kappa shape index (κ3) is 41.8. The van der Waals surface area contributed by atoms with E-state index in [1.165, 1.54) is 61.3 Å². The van der Waals surface area contributed by atoms with E-state index in [1.54, 1.807) is 125 Å². The number of ether oxygens (including phenoxy) is 9. The minimum absolute atomic E-state index is 0. The molecule has 116 heavy (non-hydrogen) atoms. The Balaban J connectivity index is 0. The van der Waals surface area contributed by atoms with Gasteiger partial charge in [-0.05, 0) is 191 Å². The number of halogens is 7. The van der Waals surface area contributed by atoms with Crippen LogP contribution in [0.5, 0.6) is 34.5 Å². The molecule has 3 aromatic heterocycles. The number of methoxy groups -OCH3 is 4. The number of H-pyrrole nitrogens is 1. The summed E-state index contributed by atoms with van der Waals surface area (Å²) < 4.78 is 63.4. The Kier molecular flexibility index (Phi) is 49.2. The predicted octanol–water partition coefficient (Wildman–Crippen LogP) is 17.3. The first kappa shape index (κ1) is 110. The molecule has 6 aromatic carbocycles. The summed E-state index contributed by atoms with van der Waals surface area (Å²) in [7, 11) is 3.77. The topological polar surface area (TPSA) is 372 Å². The molecule has 9 aromatic rings. The summed E-state index contributed by atoms with van der Waals surface area (Å²) in [5, 5.41) is 61.5. The maximum Gasteiger partial charge on any atom is 2.00 e. The van der Waals surface area contributed by atoms with Gasteiger partial charge in [0.25, 0.3) is 11.4 Å². The van der Waals surface area contributed by atoms with E-state index in [-0.39, 0.29) is 102 Å². The number of phenolic OH excluding ortho intramolecular Hbond substituents is 2. The van der Waals surface area contributed by atoms with E-state index in [4.69, 9.17) is 132 Å². The second kappa shape index (κ2) is 51.9. The molecule has 5 N–H and O–H groups in total. The van der Waals surface area contributed by atoms with Crippen molar-refractivity contribution in [1.82, 2.24) is 14.1 Å².